The maximum Gasteiger partial charge on any atom is 0.339 e. The van der Waals surface area contributed by atoms with Crippen LogP contribution in [0.15, 0.2) is 109 Å². The Hall–Kier alpha value is -3.42. The van der Waals surface area contributed by atoms with Gasteiger partial charge in [0, 0.05) is 5.56 Å². The van der Waals surface area contributed by atoms with Crippen LogP contribution >= 0.6 is 7.26 Å². The molecule has 0 atom stereocenters. The molecule has 0 bridgehead atoms. The molecule has 0 spiro atoms. The van der Waals surface area contributed by atoms with Crippen LogP contribution in [0.5, 0.6) is 5.75 Å². The predicted octanol–water partition coefficient (Wildman–Crippen LogP) is 4.58. The highest BCUT2D eigenvalue weighted by Crippen LogP contribution is 2.59. The zero-order valence-electron chi connectivity index (χ0n) is 16.3. The van der Waals surface area contributed by atoms with Crippen molar-refractivity contribution in [1.29, 1.82) is 0 Å². The van der Waals surface area contributed by atoms with E-state index in [1.54, 1.807) is 6.07 Å². The summed E-state index contributed by atoms with van der Waals surface area (Å²) >= 11 is 0. The number of aromatic hydroxyl groups is 1. The van der Waals surface area contributed by atoms with E-state index in [1.807, 2.05) is 60.7 Å². The van der Waals surface area contributed by atoms with Gasteiger partial charge in [0.2, 0.25) is 0 Å². The van der Waals surface area contributed by atoms with Crippen LogP contribution in [0.2, 0.25) is 0 Å². The van der Waals surface area contributed by atoms with Gasteiger partial charge in [0.25, 0.3) is 0 Å². The first-order chi connectivity index (χ1) is 14.6. The van der Waals surface area contributed by atoms with Gasteiger partial charge in [0.15, 0.2) is 0 Å². The highest BCUT2D eigenvalue weighted by atomic mass is 31.2. The van der Waals surface area contributed by atoms with E-state index in [4.69, 9.17) is 0 Å². The Morgan fingerprint density at radius 1 is 0.633 bits per heavy atom. The molecule has 4 aromatic carbocycles. The number of aromatic carboxylic acids is 1. The highest BCUT2D eigenvalue weighted by Gasteiger charge is 2.46. The molecule has 30 heavy (non-hydrogen) atoms. The smallest absolute Gasteiger partial charge is 0.339 e. The van der Waals surface area contributed by atoms with Crippen LogP contribution in [-0.2, 0) is 6.16 Å². The molecular weight excluding hydrogens is 391 g/mol. The van der Waals surface area contributed by atoms with E-state index in [2.05, 4.69) is 36.4 Å². The van der Waals surface area contributed by atoms with Crippen molar-refractivity contribution in [2.75, 3.05) is 0 Å². The standard InChI is InChI=1S/C26H21O3P/c27-25-20(11-10-18-24(25)26(28)29)19-30(21-12-4-1-5-13-21,22-14-6-2-7-15-22)23-16-8-3-9-17-23/h1-18H,19H2,(H-,27,28,29)/p+1. The molecule has 4 aromatic rings. The monoisotopic (exact) mass is 413 g/mol. The maximum atomic E-state index is 11.6. The van der Waals surface area contributed by atoms with Gasteiger partial charge in [-0.3, -0.25) is 0 Å². The summed E-state index contributed by atoms with van der Waals surface area (Å²) in [5, 5.41) is 23.8. The van der Waals surface area contributed by atoms with Crippen LogP contribution in [0.3, 0.4) is 0 Å². The molecule has 0 saturated heterocycles. The number of phenols is 1. The van der Waals surface area contributed by atoms with Gasteiger partial charge in [-0.1, -0.05) is 66.7 Å². The fourth-order valence-electron chi connectivity index (χ4n) is 3.92. The summed E-state index contributed by atoms with van der Waals surface area (Å²) in [6.07, 6.45) is 0.526. The van der Waals surface area contributed by atoms with Crippen molar-refractivity contribution in [2.24, 2.45) is 0 Å². The normalized spacial score (nSPS) is 11.2. The summed E-state index contributed by atoms with van der Waals surface area (Å²) in [7, 11) is -2.21. The first-order valence-electron chi connectivity index (χ1n) is 9.72. The Morgan fingerprint density at radius 3 is 1.47 bits per heavy atom. The first-order valence-corrected chi connectivity index (χ1v) is 11.7. The zero-order chi connectivity index (χ0) is 21.0. The van der Waals surface area contributed by atoms with Gasteiger partial charge < -0.3 is 10.2 Å². The number of hydrogen-bond donors (Lipinski definition) is 2. The SMILES string of the molecule is O=C(O)c1cccc(C[P+](c2ccccc2)(c2ccccc2)c2ccccc2)c1O. The van der Waals surface area contributed by atoms with Crippen LogP contribution in [0, 0.1) is 0 Å². The predicted molar refractivity (Wildman–Crippen MR) is 124 cm³/mol. The molecule has 0 aliphatic carbocycles. The lowest BCUT2D eigenvalue weighted by molar-refractivity contribution is 0.0693. The van der Waals surface area contributed by atoms with E-state index in [9.17, 15) is 15.0 Å². The van der Waals surface area contributed by atoms with Crippen molar-refractivity contribution in [2.45, 2.75) is 6.16 Å². The van der Waals surface area contributed by atoms with E-state index in [0.717, 1.165) is 0 Å². The van der Waals surface area contributed by atoms with Gasteiger partial charge in [-0.25, -0.2) is 4.79 Å². The second-order valence-corrected chi connectivity index (χ2v) is 10.6. The van der Waals surface area contributed by atoms with Crippen LogP contribution < -0.4 is 15.9 Å². The summed E-state index contributed by atoms with van der Waals surface area (Å²) in [6, 6.07) is 35.9. The quantitative estimate of drug-likeness (QED) is 0.455. The van der Waals surface area contributed by atoms with Crippen molar-refractivity contribution in [3.05, 3.63) is 120 Å². The number of carboxylic acid groups (broad SMARTS) is 1. The Kier molecular flexibility index (Phi) is 5.65. The third-order valence-electron chi connectivity index (χ3n) is 5.35. The van der Waals surface area contributed by atoms with Crippen LogP contribution in [0.1, 0.15) is 15.9 Å². The van der Waals surface area contributed by atoms with Gasteiger partial charge in [0.1, 0.15) is 40.7 Å². The van der Waals surface area contributed by atoms with Gasteiger partial charge in [-0.15, -0.1) is 0 Å². The van der Waals surface area contributed by atoms with Gasteiger partial charge in [0.05, 0.1) is 0 Å². The molecule has 0 amide bonds. The van der Waals surface area contributed by atoms with Gasteiger partial charge >= 0.3 is 5.97 Å². The molecule has 4 rings (SSSR count). The molecule has 0 aromatic heterocycles. The zero-order valence-corrected chi connectivity index (χ0v) is 17.2. The van der Waals surface area contributed by atoms with Crippen molar-refractivity contribution in [3.8, 4) is 5.75 Å². The molecule has 3 nitrogen and oxygen atoms in total. The average molecular weight is 413 g/mol. The van der Waals surface area contributed by atoms with E-state index >= 15 is 0 Å². The van der Waals surface area contributed by atoms with Crippen molar-refractivity contribution >= 4 is 29.1 Å². The largest absolute Gasteiger partial charge is 0.507 e. The minimum absolute atomic E-state index is 0.0696. The van der Waals surface area contributed by atoms with Crippen molar-refractivity contribution < 1.29 is 15.0 Å². The number of carboxylic acids is 1. The molecule has 0 radical (unpaired) electrons. The van der Waals surface area contributed by atoms with Crippen LogP contribution in [0.25, 0.3) is 0 Å². The topological polar surface area (TPSA) is 57.5 Å². The van der Waals surface area contributed by atoms with Crippen LogP contribution in [-0.4, -0.2) is 16.2 Å². The maximum absolute atomic E-state index is 11.6. The molecule has 0 saturated carbocycles. The second kappa shape index (κ2) is 8.52. The summed E-state index contributed by atoms with van der Waals surface area (Å²) in [5.41, 5.74) is 0.569. The lowest BCUT2D eigenvalue weighted by atomic mass is 10.1. The Labute approximate surface area is 176 Å². The summed E-state index contributed by atoms with van der Waals surface area (Å²) in [4.78, 5) is 11.6. The number of rotatable bonds is 6. The summed E-state index contributed by atoms with van der Waals surface area (Å²) in [6.45, 7) is 0. The molecule has 0 aliphatic rings. The minimum Gasteiger partial charge on any atom is -0.507 e. The fraction of sp³-hybridized carbons (Fsp3) is 0.0385. The lowest BCUT2D eigenvalue weighted by Gasteiger charge is -2.28. The summed E-state index contributed by atoms with van der Waals surface area (Å²) in [5.74, 6) is -1.28. The molecule has 148 valence electrons. The number of hydrogen-bond acceptors (Lipinski definition) is 2. The molecule has 2 N–H and O–H groups in total. The van der Waals surface area contributed by atoms with E-state index in [0.29, 0.717) is 11.7 Å². The van der Waals surface area contributed by atoms with Gasteiger partial charge in [-0.05, 0) is 42.5 Å². The Bertz CT molecular complexity index is 1050. The molecule has 0 unspecified atom stereocenters. The minimum atomic E-state index is -2.21. The van der Waals surface area contributed by atoms with E-state index < -0.39 is 13.2 Å². The first kappa shape index (κ1) is 19.9. The fourth-order valence-corrected chi connectivity index (χ4v) is 8.17. The van der Waals surface area contributed by atoms with E-state index in [-0.39, 0.29) is 11.3 Å². The molecule has 4 heteroatoms. The summed E-state index contributed by atoms with van der Waals surface area (Å²) < 4.78 is 0. The number of carbonyl (C=O) groups is 1. The number of para-hydroxylation sites is 1. The van der Waals surface area contributed by atoms with Gasteiger partial charge in [-0.2, -0.15) is 0 Å². The average Bonchev–Trinajstić information content (AvgIpc) is 2.80. The lowest BCUT2D eigenvalue weighted by Crippen LogP contribution is -2.32. The molecule has 0 aliphatic heterocycles. The molecule has 0 heterocycles. The van der Waals surface area contributed by atoms with Crippen molar-refractivity contribution in [1.82, 2.24) is 0 Å². The van der Waals surface area contributed by atoms with E-state index in [1.165, 1.54) is 22.0 Å². The Balaban J connectivity index is 2.01. The second-order valence-electron chi connectivity index (χ2n) is 7.09. The third-order valence-corrected chi connectivity index (χ3v) is 9.70. The Morgan fingerprint density at radius 2 is 1.07 bits per heavy atom. The number of benzene rings is 4. The molecular formula is C26H22O3P+. The molecule has 0 fully saturated rings. The third kappa shape index (κ3) is 3.60. The highest BCUT2D eigenvalue weighted by molar-refractivity contribution is 7.95. The van der Waals surface area contributed by atoms with Crippen molar-refractivity contribution in [3.63, 3.8) is 0 Å². The van der Waals surface area contributed by atoms with Crippen LogP contribution in [0.4, 0.5) is 0 Å².